The van der Waals surface area contributed by atoms with Crippen LogP contribution in [0.1, 0.15) is 16.1 Å². The van der Waals surface area contributed by atoms with Gasteiger partial charge in [0.1, 0.15) is 15.8 Å². The van der Waals surface area contributed by atoms with Crippen molar-refractivity contribution < 1.29 is 115 Å². The van der Waals surface area contributed by atoms with Gasteiger partial charge in [-0.15, -0.1) is 10.2 Å². The molecule has 3 rings (SSSR count). The molecule has 1 heterocycles. The standard InChI is InChI=1S/C17H14N4O6S.Cr.2Na.2H2O/c1-10-15(19-18-14-5-3-2-4-13(14)17(23)24)16(22)21(20-10)11-6-8-12(9-7-11)28(25,26)27;;;;;/h2-9,22H,1H3,(H,23,24)(H,25,26,27);;;;2*1H2/q;+3;2*+1;;/p-5. The van der Waals surface area contributed by atoms with Crippen LogP contribution in [-0.4, -0.2) is 39.7 Å². The summed E-state index contributed by atoms with van der Waals surface area (Å²) in [5.74, 6) is -2.08. The van der Waals surface area contributed by atoms with Gasteiger partial charge in [0, 0.05) is 11.4 Å². The predicted molar refractivity (Wildman–Crippen MR) is 94.5 cm³/mol. The summed E-state index contributed by atoms with van der Waals surface area (Å²) in [5, 5.41) is 35.3. The molecule has 12 nitrogen and oxygen atoms in total. The second-order valence-electron chi connectivity index (χ2n) is 5.60. The van der Waals surface area contributed by atoms with E-state index in [0.29, 0.717) is 0 Å². The molecule has 0 saturated carbocycles. The maximum absolute atomic E-state index is 12.6. The molecule has 16 heteroatoms. The fourth-order valence-electron chi connectivity index (χ4n) is 2.38. The Morgan fingerprint density at radius 3 is 2.06 bits per heavy atom. The van der Waals surface area contributed by atoms with E-state index < -0.39 is 26.9 Å². The molecular formula is C17H13CrN4Na2O8S. The first kappa shape index (κ1) is 36.5. The fraction of sp³-hybridized carbons (Fsp3) is 0.0588. The second kappa shape index (κ2) is 15.0. The maximum Gasteiger partial charge on any atom is 3.00 e. The number of carbonyl (C=O) groups is 1. The van der Waals surface area contributed by atoms with E-state index in [-0.39, 0.29) is 116 Å². The van der Waals surface area contributed by atoms with E-state index in [9.17, 15) is 28.0 Å². The van der Waals surface area contributed by atoms with Gasteiger partial charge in [0.25, 0.3) is 0 Å². The SMILES string of the molecule is Cc1nn(-c2ccc(S(=O)(=O)[O-])cc2)c([O-])c1N=Nc1ccccc1C(=O)[O-].[Cr+3].[Na+].[Na+].[OH-].[OH-]. The third kappa shape index (κ3) is 8.55. The zero-order valence-corrected chi connectivity index (χ0v) is 23.7. The number of hydrogen-bond donors (Lipinski definition) is 0. The number of aromatic nitrogens is 2. The first-order valence-corrected chi connectivity index (χ1v) is 9.14. The van der Waals surface area contributed by atoms with E-state index in [0.717, 1.165) is 16.8 Å². The second-order valence-corrected chi connectivity index (χ2v) is 6.98. The molecule has 2 N–H and O–H groups in total. The van der Waals surface area contributed by atoms with Gasteiger partial charge in [-0.05, 0) is 37.3 Å². The minimum absolute atomic E-state index is 0. The van der Waals surface area contributed by atoms with Gasteiger partial charge < -0.3 is 30.5 Å². The van der Waals surface area contributed by atoms with Crippen molar-refractivity contribution in [2.75, 3.05) is 0 Å². The van der Waals surface area contributed by atoms with Crippen LogP contribution in [0.4, 0.5) is 11.4 Å². The van der Waals surface area contributed by atoms with Crippen molar-refractivity contribution in [3.63, 3.8) is 0 Å². The molecule has 33 heavy (non-hydrogen) atoms. The van der Waals surface area contributed by atoms with Crippen molar-refractivity contribution >= 4 is 27.5 Å². The molecule has 0 spiro atoms. The number of benzene rings is 2. The number of rotatable bonds is 5. The third-order valence-corrected chi connectivity index (χ3v) is 4.59. The smallest absolute Gasteiger partial charge is 0.870 e. The van der Waals surface area contributed by atoms with E-state index in [1.54, 1.807) is 6.07 Å². The van der Waals surface area contributed by atoms with Gasteiger partial charge >= 0.3 is 76.5 Å². The monoisotopic (exact) mass is 531 g/mol. The van der Waals surface area contributed by atoms with Gasteiger partial charge in [0.05, 0.1) is 27.9 Å². The Balaban J connectivity index is -0.00000180. The molecule has 3 aromatic rings. The summed E-state index contributed by atoms with van der Waals surface area (Å²) < 4.78 is 33.9. The van der Waals surface area contributed by atoms with Crippen LogP contribution >= 0.6 is 0 Å². The molecule has 0 aliphatic heterocycles. The Morgan fingerprint density at radius 1 is 1.00 bits per heavy atom. The number of carboxylic acids is 1. The molecule has 1 aromatic heterocycles. The topological polar surface area (TPSA) is 223 Å². The van der Waals surface area contributed by atoms with Crippen LogP contribution in [0.3, 0.4) is 0 Å². The molecule has 2 aromatic carbocycles. The van der Waals surface area contributed by atoms with Crippen molar-refractivity contribution in [2.24, 2.45) is 10.2 Å². The zero-order valence-electron chi connectivity index (χ0n) is 17.6. The molecule has 0 atom stereocenters. The molecule has 1 radical (unpaired) electrons. The van der Waals surface area contributed by atoms with Gasteiger partial charge in [-0.2, -0.15) is 5.10 Å². The van der Waals surface area contributed by atoms with Crippen LogP contribution in [0, 0.1) is 6.92 Å². The average molecular weight is 531 g/mol. The Labute approximate surface area is 243 Å². The van der Waals surface area contributed by atoms with E-state index in [1.807, 2.05) is 0 Å². The molecule has 0 aliphatic carbocycles. The summed E-state index contributed by atoms with van der Waals surface area (Å²) in [6, 6.07) is 10.4. The van der Waals surface area contributed by atoms with Gasteiger partial charge in [-0.1, -0.05) is 18.2 Å². The Hall–Kier alpha value is -1.12. The maximum atomic E-state index is 12.6. The number of carbonyl (C=O) groups excluding carboxylic acids is 1. The van der Waals surface area contributed by atoms with E-state index in [2.05, 4.69) is 15.3 Å². The normalized spacial score (nSPS) is 10.0. The average Bonchev–Trinajstić information content (AvgIpc) is 2.93. The number of azo groups is 1. The van der Waals surface area contributed by atoms with Gasteiger partial charge in [0.15, 0.2) is 0 Å². The molecule has 0 fully saturated rings. The predicted octanol–water partition coefficient (Wildman–Crippen LogP) is -5.41. The van der Waals surface area contributed by atoms with Crippen LogP contribution in [0.15, 0.2) is 63.7 Å². The van der Waals surface area contributed by atoms with Crippen LogP contribution in [0.25, 0.3) is 5.69 Å². The van der Waals surface area contributed by atoms with Gasteiger partial charge in [-0.3, -0.25) is 0 Å². The first-order valence-electron chi connectivity index (χ1n) is 7.73. The van der Waals surface area contributed by atoms with Gasteiger partial charge in [0.2, 0.25) is 0 Å². The molecule has 0 saturated heterocycles. The van der Waals surface area contributed by atoms with Crippen LogP contribution in [0.2, 0.25) is 0 Å². The van der Waals surface area contributed by atoms with Crippen LogP contribution in [0.5, 0.6) is 5.88 Å². The number of aromatic carboxylic acids is 1. The summed E-state index contributed by atoms with van der Waals surface area (Å²) in [7, 11) is -4.61. The Kier molecular flexibility index (Phi) is 16.6. The van der Waals surface area contributed by atoms with Crippen molar-refractivity contribution in [1.82, 2.24) is 9.78 Å². The zero-order chi connectivity index (χ0) is 20.5. The minimum atomic E-state index is -4.61. The van der Waals surface area contributed by atoms with Crippen molar-refractivity contribution in [3.05, 3.63) is 59.8 Å². The molecule has 0 bridgehead atoms. The molecule has 163 valence electrons. The van der Waals surface area contributed by atoms with Crippen LogP contribution in [-0.2, 0) is 27.5 Å². The largest absolute Gasteiger partial charge is 3.00 e. The van der Waals surface area contributed by atoms with Gasteiger partial charge in [-0.25, -0.2) is 13.1 Å². The number of aryl methyl sites for hydroxylation is 1. The minimum Gasteiger partial charge on any atom is -0.870 e. The van der Waals surface area contributed by atoms with Crippen molar-refractivity contribution in [2.45, 2.75) is 11.8 Å². The summed E-state index contributed by atoms with van der Waals surface area (Å²) in [6.45, 7) is 1.51. The van der Waals surface area contributed by atoms with E-state index in [4.69, 9.17) is 0 Å². The number of nitrogens with zero attached hydrogens (tertiary/aromatic N) is 4. The fourth-order valence-corrected chi connectivity index (χ4v) is 2.85. The first-order chi connectivity index (χ1) is 13.2. The summed E-state index contributed by atoms with van der Waals surface area (Å²) in [4.78, 5) is 10.7. The molecule has 0 aliphatic rings. The van der Waals surface area contributed by atoms with E-state index >= 15 is 0 Å². The Bertz CT molecular complexity index is 1200. The molecular weight excluding hydrogens is 518 g/mol. The number of carboxylic acid groups (broad SMARTS) is 1. The molecule has 0 amide bonds. The summed E-state index contributed by atoms with van der Waals surface area (Å²) in [6.07, 6.45) is 0. The quantitative estimate of drug-likeness (QED) is 0.174. The summed E-state index contributed by atoms with van der Waals surface area (Å²) >= 11 is 0. The third-order valence-electron chi connectivity index (χ3n) is 3.74. The molecule has 0 unspecified atom stereocenters. The van der Waals surface area contributed by atoms with E-state index in [1.165, 1.54) is 37.3 Å². The number of hydrogen-bond acceptors (Lipinski definition) is 11. The summed E-state index contributed by atoms with van der Waals surface area (Å²) in [5.41, 5.74) is 0.156. The Morgan fingerprint density at radius 2 is 1.55 bits per heavy atom. The van der Waals surface area contributed by atoms with Crippen LogP contribution < -0.4 is 69.3 Å². The van der Waals surface area contributed by atoms with Crippen molar-refractivity contribution in [3.8, 4) is 11.6 Å². The van der Waals surface area contributed by atoms with Crippen molar-refractivity contribution in [1.29, 1.82) is 0 Å².